The molecule has 0 saturated carbocycles. The number of hydrogen-bond acceptors (Lipinski definition) is 5. The molecular formula is C15H16N2O4. The largest absolute Gasteiger partial charge is 0.497 e. The summed E-state index contributed by atoms with van der Waals surface area (Å²) in [5, 5.41) is 9.24. The van der Waals surface area contributed by atoms with Gasteiger partial charge in [0.25, 0.3) is 0 Å². The van der Waals surface area contributed by atoms with Gasteiger partial charge >= 0.3 is 5.97 Å². The summed E-state index contributed by atoms with van der Waals surface area (Å²) in [6.45, 7) is 4.00. The topological polar surface area (TPSA) is 81.5 Å². The van der Waals surface area contributed by atoms with Gasteiger partial charge in [0.05, 0.1) is 12.8 Å². The summed E-state index contributed by atoms with van der Waals surface area (Å²) < 4.78 is 10.6. The van der Waals surface area contributed by atoms with Gasteiger partial charge in [0, 0.05) is 6.07 Å². The van der Waals surface area contributed by atoms with E-state index < -0.39 is 5.97 Å². The number of rotatable bonds is 5. The molecule has 0 unspecified atom stereocenters. The van der Waals surface area contributed by atoms with Crippen LogP contribution in [0.15, 0.2) is 30.6 Å². The molecule has 1 N–H and O–H groups in total. The Bertz CT molecular complexity index is 656. The number of methoxy groups -OCH3 is 1. The lowest BCUT2D eigenvalue weighted by atomic mass is 10.1. The van der Waals surface area contributed by atoms with Gasteiger partial charge in [-0.3, -0.25) is 0 Å². The molecule has 21 heavy (non-hydrogen) atoms. The van der Waals surface area contributed by atoms with Crippen molar-refractivity contribution in [3.05, 3.63) is 41.9 Å². The van der Waals surface area contributed by atoms with E-state index in [1.807, 2.05) is 13.8 Å². The molecule has 0 aliphatic rings. The number of carbonyl (C=O) groups is 1. The van der Waals surface area contributed by atoms with Crippen molar-refractivity contribution in [3.63, 3.8) is 0 Å². The number of aromatic nitrogens is 2. The minimum atomic E-state index is -1.10. The van der Waals surface area contributed by atoms with E-state index in [1.54, 1.807) is 18.2 Å². The van der Waals surface area contributed by atoms with Gasteiger partial charge in [0.2, 0.25) is 5.88 Å². The Labute approximate surface area is 122 Å². The molecule has 2 rings (SSSR count). The molecule has 0 amide bonds. The quantitative estimate of drug-likeness (QED) is 0.910. The van der Waals surface area contributed by atoms with Gasteiger partial charge in [-0.2, -0.15) is 0 Å². The van der Waals surface area contributed by atoms with Crippen LogP contribution in [0.5, 0.6) is 17.4 Å². The van der Waals surface area contributed by atoms with Crippen LogP contribution < -0.4 is 9.47 Å². The molecule has 0 spiro atoms. The van der Waals surface area contributed by atoms with Crippen molar-refractivity contribution < 1.29 is 19.4 Å². The van der Waals surface area contributed by atoms with Gasteiger partial charge in [-0.25, -0.2) is 14.8 Å². The highest BCUT2D eigenvalue weighted by atomic mass is 16.5. The van der Waals surface area contributed by atoms with Gasteiger partial charge in [-0.1, -0.05) is 13.8 Å². The van der Waals surface area contributed by atoms with Crippen LogP contribution in [0.3, 0.4) is 0 Å². The van der Waals surface area contributed by atoms with E-state index >= 15 is 0 Å². The van der Waals surface area contributed by atoms with Crippen molar-refractivity contribution in [2.24, 2.45) is 0 Å². The Hall–Kier alpha value is -2.63. The third-order valence-corrected chi connectivity index (χ3v) is 2.89. The molecule has 6 nitrogen and oxygen atoms in total. The highest BCUT2D eigenvalue weighted by Crippen LogP contribution is 2.28. The fraction of sp³-hybridized carbons (Fsp3) is 0.267. The Morgan fingerprint density at radius 3 is 2.62 bits per heavy atom. The van der Waals surface area contributed by atoms with E-state index in [1.165, 1.54) is 19.5 Å². The van der Waals surface area contributed by atoms with Gasteiger partial charge in [0.1, 0.15) is 23.4 Å². The summed E-state index contributed by atoms with van der Waals surface area (Å²) in [6, 6.07) is 6.27. The second-order valence-corrected chi connectivity index (χ2v) is 4.71. The van der Waals surface area contributed by atoms with Crippen LogP contribution in [-0.4, -0.2) is 28.2 Å². The van der Waals surface area contributed by atoms with E-state index in [2.05, 4.69) is 9.97 Å². The lowest BCUT2D eigenvalue weighted by molar-refractivity contribution is 0.0693. The van der Waals surface area contributed by atoms with Crippen molar-refractivity contribution in [2.75, 3.05) is 7.11 Å². The first-order chi connectivity index (χ1) is 10.0. The van der Waals surface area contributed by atoms with Crippen LogP contribution in [-0.2, 0) is 0 Å². The first-order valence-corrected chi connectivity index (χ1v) is 6.42. The number of ether oxygens (including phenoxy) is 2. The van der Waals surface area contributed by atoms with Gasteiger partial charge in [0.15, 0.2) is 0 Å². The van der Waals surface area contributed by atoms with Crippen molar-refractivity contribution in [1.82, 2.24) is 9.97 Å². The molecule has 2 aromatic rings. The molecule has 0 atom stereocenters. The number of carboxylic acid groups (broad SMARTS) is 1. The molecule has 0 fully saturated rings. The molecule has 0 aliphatic carbocycles. The molecule has 1 heterocycles. The van der Waals surface area contributed by atoms with Gasteiger partial charge in [-0.15, -0.1) is 0 Å². The number of nitrogens with zero attached hydrogens (tertiary/aromatic N) is 2. The van der Waals surface area contributed by atoms with Crippen molar-refractivity contribution in [2.45, 2.75) is 19.8 Å². The summed E-state index contributed by atoms with van der Waals surface area (Å²) >= 11 is 0. The summed E-state index contributed by atoms with van der Waals surface area (Å²) in [5.41, 5.74) is 0.837. The number of benzene rings is 1. The second-order valence-electron chi connectivity index (χ2n) is 4.71. The van der Waals surface area contributed by atoms with E-state index in [-0.39, 0.29) is 17.2 Å². The third-order valence-electron chi connectivity index (χ3n) is 2.89. The monoisotopic (exact) mass is 288 g/mol. The van der Waals surface area contributed by atoms with Crippen LogP contribution in [0.1, 0.15) is 35.8 Å². The van der Waals surface area contributed by atoms with Gasteiger partial charge < -0.3 is 14.6 Å². The zero-order valence-electron chi connectivity index (χ0n) is 12.0. The molecule has 1 aromatic heterocycles. The highest BCUT2D eigenvalue weighted by Gasteiger charge is 2.14. The van der Waals surface area contributed by atoms with Crippen molar-refractivity contribution in [3.8, 4) is 17.4 Å². The van der Waals surface area contributed by atoms with Crippen LogP contribution in [0.2, 0.25) is 0 Å². The fourth-order valence-corrected chi connectivity index (χ4v) is 1.73. The molecule has 110 valence electrons. The SMILES string of the molecule is COc1ccc(Oc2cc(C(C)C)ncn2)c(C(=O)O)c1. The Morgan fingerprint density at radius 1 is 1.24 bits per heavy atom. The molecule has 0 radical (unpaired) electrons. The summed E-state index contributed by atoms with van der Waals surface area (Å²) in [6.07, 6.45) is 1.40. The Kier molecular flexibility index (Phi) is 4.37. The molecule has 1 aromatic carbocycles. The zero-order chi connectivity index (χ0) is 15.4. The summed E-state index contributed by atoms with van der Waals surface area (Å²) in [7, 11) is 1.47. The molecule has 0 bridgehead atoms. The Morgan fingerprint density at radius 2 is 2.00 bits per heavy atom. The van der Waals surface area contributed by atoms with Crippen LogP contribution >= 0.6 is 0 Å². The minimum absolute atomic E-state index is 0.0130. The molecular weight excluding hydrogens is 272 g/mol. The highest BCUT2D eigenvalue weighted by molar-refractivity contribution is 5.91. The minimum Gasteiger partial charge on any atom is -0.497 e. The first kappa shape index (κ1) is 14.8. The first-order valence-electron chi connectivity index (χ1n) is 6.42. The van der Waals surface area contributed by atoms with Crippen LogP contribution in [0.25, 0.3) is 0 Å². The molecule has 6 heteroatoms. The number of aromatic carboxylic acids is 1. The van der Waals surface area contributed by atoms with Crippen molar-refractivity contribution >= 4 is 5.97 Å². The lowest BCUT2D eigenvalue weighted by Crippen LogP contribution is -2.02. The standard InChI is InChI=1S/C15H16N2O4/c1-9(2)12-7-14(17-8-16-12)21-13-5-4-10(20-3)6-11(13)15(18)19/h4-9H,1-3H3,(H,18,19). The fourth-order valence-electron chi connectivity index (χ4n) is 1.73. The predicted molar refractivity (Wildman–Crippen MR) is 76.1 cm³/mol. The predicted octanol–water partition coefficient (Wildman–Crippen LogP) is 3.10. The second kappa shape index (κ2) is 6.21. The average molecular weight is 288 g/mol. The normalized spacial score (nSPS) is 10.5. The zero-order valence-corrected chi connectivity index (χ0v) is 12.0. The molecule has 0 aliphatic heterocycles. The molecule has 0 saturated heterocycles. The lowest BCUT2D eigenvalue weighted by Gasteiger charge is -2.10. The van der Waals surface area contributed by atoms with E-state index in [0.717, 1.165) is 5.69 Å². The third kappa shape index (κ3) is 3.47. The smallest absolute Gasteiger partial charge is 0.339 e. The van der Waals surface area contributed by atoms with Crippen LogP contribution in [0, 0.1) is 0 Å². The van der Waals surface area contributed by atoms with E-state index in [0.29, 0.717) is 11.6 Å². The summed E-state index contributed by atoms with van der Waals surface area (Å²) in [4.78, 5) is 19.4. The van der Waals surface area contributed by atoms with Crippen molar-refractivity contribution in [1.29, 1.82) is 0 Å². The van der Waals surface area contributed by atoms with E-state index in [4.69, 9.17) is 9.47 Å². The average Bonchev–Trinajstić information content (AvgIpc) is 2.47. The number of hydrogen-bond donors (Lipinski definition) is 1. The maximum Gasteiger partial charge on any atom is 0.339 e. The maximum atomic E-state index is 11.3. The van der Waals surface area contributed by atoms with Gasteiger partial charge in [-0.05, 0) is 24.1 Å². The number of carboxylic acids is 1. The maximum absolute atomic E-state index is 11.3. The van der Waals surface area contributed by atoms with E-state index in [9.17, 15) is 9.90 Å². The summed E-state index contributed by atoms with van der Waals surface area (Å²) in [5.74, 6) is 0.0931. The Balaban J connectivity index is 2.35. The van der Waals surface area contributed by atoms with Crippen LogP contribution in [0.4, 0.5) is 0 Å².